The minimum atomic E-state index is -3.89. The van der Waals surface area contributed by atoms with E-state index in [0.717, 1.165) is 41.0 Å². The van der Waals surface area contributed by atoms with Gasteiger partial charge in [0.2, 0.25) is 15.9 Å². The molecule has 0 radical (unpaired) electrons. The largest absolute Gasteiger partial charge is 0.480 e. The number of hydrogen-bond acceptors (Lipinski definition) is 11. The number of thioether (sulfide) groups is 1. The number of nitrogens with zero attached hydrogens (tertiary/aromatic N) is 1. The number of rotatable bonds is 16. The number of carboxylic acid groups (broad SMARTS) is 1. The van der Waals surface area contributed by atoms with Gasteiger partial charge in [-0.15, -0.1) is 0 Å². The summed E-state index contributed by atoms with van der Waals surface area (Å²) >= 11 is 9.28. The number of unbranched alkanes of at least 4 members (excludes halogenated alkanes) is 1. The maximum Gasteiger partial charge on any atom is 0.326 e. The van der Waals surface area contributed by atoms with E-state index in [-0.39, 0.29) is 28.5 Å². The molecule has 258 valence electrons. The lowest BCUT2D eigenvalue weighted by Crippen LogP contribution is -2.53. The molecule has 2 aliphatic heterocycles. The van der Waals surface area contributed by atoms with Crippen LogP contribution in [0.15, 0.2) is 46.2 Å². The zero-order chi connectivity index (χ0) is 34.1. The van der Waals surface area contributed by atoms with Gasteiger partial charge < -0.3 is 20.1 Å². The number of carbonyl (C=O) groups is 3. The number of likely N-dealkylation sites (tertiary alicyclic amines) is 1. The van der Waals surface area contributed by atoms with E-state index in [4.69, 9.17) is 16.3 Å². The molecule has 1 fully saturated rings. The van der Waals surface area contributed by atoms with E-state index in [1.165, 1.54) is 35.7 Å². The van der Waals surface area contributed by atoms with Crippen molar-refractivity contribution in [2.45, 2.75) is 92.3 Å². The predicted molar refractivity (Wildman–Crippen MR) is 185 cm³/mol. The zero-order valence-electron chi connectivity index (χ0n) is 26.6. The van der Waals surface area contributed by atoms with Crippen LogP contribution in [0.2, 0.25) is 5.02 Å². The lowest BCUT2D eigenvalue weighted by molar-refractivity contribution is -0.149. The fourth-order valence-electron chi connectivity index (χ4n) is 5.37. The average molecular weight is 728 g/mol. The maximum atomic E-state index is 13.2. The molecule has 2 heterocycles. The molecule has 16 heteroatoms. The van der Waals surface area contributed by atoms with Crippen LogP contribution in [0.4, 0.5) is 5.69 Å². The van der Waals surface area contributed by atoms with Crippen molar-refractivity contribution in [3.05, 3.63) is 52.5 Å². The molecule has 12 nitrogen and oxygen atoms in total. The predicted octanol–water partition coefficient (Wildman–Crippen LogP) is 4.19. The minimum absolute atomic E-state index is 0.0148. The summed E-state index contributed by atoms with van der Waals surface area (Å²) in [6.07, 6.45) is 4.22. The van der Waals surface area contributed by atoms with Crippen LogP contribution >= 0.6 is 35.3 Å². The molecule has 5 N–H and O–H groups in total. The van der Waals surface area contributed by atoms with Crippen LogP contribution < -0.4 is 20.1 Å². The Balaban J connectivity index is 1.28. The number of ether oxygens (including phenoxy) is 1. The third-order valence-corrected chi connectivity index (χ3v) is 11.9. The lowest BCUT2D eigenvalue weighted by Gasteiger charge is -2.28. The number of methoxy groups -OCH3 is 1. The standard InChI is InChI=1S/C31H42ClN5O7S3/c1-4-5-8-28-35-23-14-22(32)27(15-26(23)46-36-28)47(42,43)33-16-20-9-11-21(12-10-20)17-45-18-24(31(41)44-3)34-19(2)29(38)37-13-6-7-25(37)30(39)40/h9-12,14-15,19,24-25,28,33-36H,4-8,13,16-18H2,1-3H3,(H,39,40)/t19-,24?,25-,28?/m0/s1. The fraction of sp³-hybridized carbons (Fsp3) is 0.516. The molecule has 1 saturated heterocycles. The van der Waals surface area contributed by atoms with Crippen molar-refractivity contribution in [3.63, 3.8) is 0 Å². The van der Waals surface area contributed by atoms with Gasteiger partial charge in [0.1, 0.15) is 17.0 Å². The third-order valence-electron chi connectivity index (χ3n) is 7.98. The molecule has 1 amide bonds. The van der Waals surface area contributed by atoms with Gasteiger partial charge in [-0.25, -0.2) is 22.7 Å². The highest BCUT2D eigenvalue weighted by atomic mass is 35.5. The van der Waals surface area contributed by atoms with Gasteiger partial charge in [0.25, 0.3) is 0 Å². The minimum Gasteiger partial charge on any atom is -0.480 e. The van der Waals surface area contributed by atoms with Crippen LogP contribution in [0.3, 0.4) is 0 Å². The molecule has 0 aromatic heterocycles. The quantitative estimate of drug-likeness (QED) is 0.124. The summed E-state index contributed by atoms with van der Waals surface area (Å²) in [5.74, 6) is -1.04. The second kappa shape index (κ2) is 17.2. The van der Waals surface area contributed by atoms with Crippen LogP contribution in [-0.2, 0) is 41.4 Å². The van der Waals surface area contributed by atoms with Gasteiger partial charge in [-0.2, -0.15) is 11.8 Å². The number of nitrogens with one attached hydrogen (secondary N) is 4. The number of carboxylic acids is 1. The van der Waals surface area contributed by atoms with E-state index in [0.29, 0.717) is 30.9 Å². The van der Waals surface area contributed by atoms with Crippen LogP contribution in [0.1, 0.15) is 57.1 Å². The number of amides is 1. The number of fused-ring (bicyclic) bond motifs is 1. The summed E-state index contributed by atoms with van der Waals surface area (Å²) < 4.78 is 37.2. The van der Waals surface area contributed by atoms with Crippen LogP contribution in [0.5, 0.6) is 0 Å². The smallest absolute Gasteiger partial charge is 0.326 e. The number of halogens is 1. The van der Waals surface area contributed by atoms with Gasteiger partial charge in [-0.3, -0.25) is 14.9 Å². The van der Waals surface area contributed by atoms with Crippen molar-refractivity contribution < 1.29 is 32.6 Å². The molecule has 2 aromatic carbocycles. The molecule has 2 unspecified atom stereocenters. The van der Waals surface area contributed by atoms with Crippen molar-refractivity contribution in [2.24, 2.45) is 0 Å². The summed E-state index contributed by atoms with van der Waals surface area (Å²) in [5.41, 5.74) is 2.53. The fourth-order valence-corrected chi connectivity index (χ4v) is 8.88. The van der Waals surface area contributed by atoms with Gasteiger partial charge in [-0.05, 0) is 61.4 Å². The zero-order valence-corrected chi connectivity index (χ0v) is 29.8. The summed E-state index contributed by atoms with van der Waals surface area (Å²) in [4.78, 5) is 39.0. The summed E-state index contributed by atoms with van der Waals surface area (Å²) in [7, 11) is -2.61. The van der Waals surface area contributed by atoms with Crippen LogP contribution in [0.25, 0.3) is 0 Å². The summed E-state index contributed by atoms with van der Waals surface area (Å²) in [5, 5.41) is 16.0. The molecule has 4 atom stereocenters. The van der Waals surface area contributed by atoms with Gasteiger partial charge in [0.05, 0.1) is 30.0 Å². The first-order chi connectivity index (χ1) is 22.4. The second-order valence-corrected chi connectivity index (χ2v) is 15.5. The number of hydrogen-bond donors (Lipinski definition) is 5. The number of sulfonamides is 1. The third kappa shape index (κ3) is 10.00. The Morgan fingerprint density at radius 2 is 1.94 bits per heavy atom. The first-order valence-corrected chi connectivity index (χ1v) is 19.3. The molecular formula is C31H42ClN5O7S3. The van der Waals surface area contributed by atoms with Gasteiger partial charge in [-0.1, -0.05) is 55.6 Å². The number of aliphatic carboxylic acids is 1. The molecule has 2 aliphatic rings. The van der Waals surface area contributed by atoms with E-state index >= 15 is 0 Å². The normalized spacial score (nSPS) is 19.0. The Kier molecular flexibility index (Phi) is 13.7. The molecule has 2 aromatic rings. The number of benzene rings is 2. The Bertz CT molecular complexity index is 1530. The van der Waals surface area contributed by atoms with Gasteiger partial charge in [0, 0.05) is 29.5 Å². The first kappa shape index (κ1) is 37.3. The Morgan fingerprint density at radius 3 is 2.62 bits per heavy atom. The van der Waals surface area contributed by atoms with E-state index in [2.05, 4.69) is 27.0 Å². The number of carbonyl (C=O) groups excluding carboxylic acids is 2. The molecule has 0 saturated carbocycles. The van der Waals surface area contributed by atoms with Crippen molar-refractivity contribution in [2.75, 3.05) is 24.7 Å². The SMILES string of the molecule is CCCCC1NSc2cc(S(=O)(=O)NCc3ccc(CSCC(N[C@@H](C)C(=O)N4CCC[C@H]4C(=O)O)C(=O)OC)cc3)c(Cl)cc2N1. The number of esters is 1. The molecule has 0 aliphatic carbocycles. The van der Waals surface area contributed by atoms with E-state index < -0.39 is 40.1 Å². The van der Waals surface area contributed by atoms with Gasteiger partial charge in [0.15, 0.2) is 0 Å². The Morgan fingerprint density at radius 1 is 1.21 bits per heavy atom. The molecule has 0 bridgehead atoms. The van der Waals surface area contributed by atoms with E-state index in [1.54, 1.807) is 19.1 Å². The summed E-state index contributed by atoms with van der Waals surface area (Å²) in [6, 6.07) is 8.28. The highest BCUT2D eigenvalue weighted by Gasteiger charge is 2.37. The van der Waals surface area contributed by atoms with E-state index in [9.17, 15) is 27.9 Å². The van der Waals surface area contributed by atoms with Crippen molar-refractivity contribution in [3.8, 4) is 0 Å². The summed E-state index contributed by atoms with van der Waals surface area (Å²) in [6.45, 7) is 4.19. The molecule has 47 heavy (non-hydrogen) atoms. The topological polar surface area (TPSA) is 166 Å². The monoisotopic (exact) mass is 727 g/mol. The lowest BCUT2D eigenvalue weighted by atomic mass is 10.1. The van der Waals surface area contributed by atoms with Gasteiger partial charge >= 0.3 is 11.9 Å². The molecule has 0 spiro atoms. The van der Waals surface area contributed by atoms with Crippen LogP contribution in [-0.4, -0.2) is 80.0 Å². The van der Waals surface area contributed by atoms with Crippen molar-refractivity contribution in [1.82, 2.24) is 19.7 Å². The molecular weight excluding hydrogens is 686 g/mol. The second-order valence-electron chi connectivity index (χ2n) is 11.5. The highest BCUT2D eigenvalue weighted by Crippen LogP contribution is 2.37. The Labute approximate surface area is 289 Å². The maximum absolute atomic E-state index is 13.2. The van der Waals surface area contributed by atoms with Crippen LogP contribution in [0, 0.1) is 0 Å². The Hall–Kier alpha value is -2.53. The van der Waals surface area contributed by atoms with Crippen molar-refractivity contribution in [1.29, 1.82) is 0 Å². The average Bonchev–Trinajstić information content (AvgIpc) is 3.56. The van der Waals surface area contributed by atoms with Crippen molar-refractivity contribution >= 4 is 68.9 Å². The molecule has 4 rings (SSSR count). The highest BCUT2D eigenvalue weighted by molar-refractivity contribution is 7.98. The van der Waals surface area contributed by atoms with E-state index in [1.807, 2.05) is 24.3 Å². The first-order valence-electron chi connectivity index (χ1n) is 15.5. The number of anilines is 1.